The van der Waals surface area contributed by atoms with E-state index in [2.05, 4.69) is 10.1 Å². The number of aromatic hydroxyl groups is 1. The lowest BCUT2D eigenvalue weighted by Gasteiger charge is -2.06. The Kier molecular flexibility index (Phi) is 3.68. The molecule has 8 heteroatoms. The van der Waals surface area contributed by atoms with E-state index in [1.54, 1.807) is 19.1 Å². The molecule has 3 aromatic rings. The van der Waals surface area contributed by atoms with Crippen molar-refractivity contribution in [1.29, 1.82) is 0 Å². The Labute approximate surface area is 131 Å². The van der Waals surface area contributed by atoms with Crippen LogP contribution in [0.5, 0.6) is 5.88 Å². The zero-order valence-electron chi connectivity index (χ0n) is 12.2. The zero-order valence-corrected chi connectivity index (χ0v) is 12.2. The Bertz CT molecular complexity index is 826. The summed E-state index contributed by atoms with van der Waals surface area (Å²) in [5.41, 5.74) is 1.96. The Morgan fingerprint density at radius 1 is 1.17 bits per heavy atom. The molecule has 0 aromatic carbocycles. The van der Waals surface area contributed by atoms with Crippen LogP contribution in [0.3, 0.4) is 0 Å². The van der Waals surface area contributed by atoms with Gasteiger partial charge in [-0.25, -0.2) is 4.98 Å². The number of aliphatic hydroxyl groups excluding tert-OH is 1. The molecule has 3 N–H and O–H groups in total. The van der Waals surface area contributed by atoms with Crippen molar-refractivity contribution in [2.45, 2.75) is 13.2 Å². The maximum atomic E-state index is 11.1. The monoisotopic (exact) mass is 314 g/mol. The summed E-state index contributed by atoms with van der Waals surface area (Å²) in [6.07, 6.45) is 2.35. The molecular formula is C15H14N4O4. The predicted octanol–water partition coefficient (Wildman–Crippen LogP) is 0.565. The first kappa shape index (κ1) is 14.9. The molecule has 0 unspecified atom stereocenters. The molecule has 8 nitrogen and oxygen atoms in total. The molecule has 0 aliphatic rings. The van der Waals surface area contributed by atoms with Gasteiger partial charge >= 0.3 is 0 Å². The smallest absolute Gasteiger partial charge is 0.224 e. The topological polar surface area (TPSA) is 118 Å². The minimum atomic E-state index is -1.61. The number of nitrogens with zero attached hydrogens (tertiary/aromatic N) is 4. The fourth-order valence-corrected chi connectivity index (χ4v) is 2.27. The van der Waals surface area contributed by atoms with Crippen molar-refractivity contribution in [3.05, 3.63) is 59.3 Å². The van der Waals surface area contributed by atoms with Crippen LogP contribution in [-0.2, 0) is 0 Å². The minimum absolute atomic E-state index is 0.115. The lowest BCUT2D eigenvalue weighted by atomic mass is 10.1. The normalized spacial score (nSPS) is 11.1. The van der Waals surface area contributed by atoms with E-state index in [0.29, 0.717) is 27.4 Å². The summed E-state index contributed by atoms with van der Waals surface area (Å²) < 4.78 is 1.90. The Balaban J connectivity index is 2.05. The van der Waals surface area contributed by atoms with E-state index in [9.17, 15) is 10.3 Å². The fraction of sp³-hybridized carbons (Fsp3) is 0.133. The third-order valence-corrected chi connectivity index (χ3v) is 3.41. The fourth-order valence-electron chi connectivity index (χ4n) is 2.27. The number of pyridine rings is 2. The number of aromatic nitrogens is 4. The second-order valence-corrected chi connectivity index (χ2v) is 4.97. The average Bonchev–Trinajstić information content (AvgIpc) is 2.83. The highest BCUT2D eigenvalue weighted by Gasteiger charge is 2.18. The van der Waals surface area contributed by atoms with Crippen molar-refractivity contribution in [1.82, 2.24) is 14.8 Å². The summed E-state index contributed by atoms with van der Waals surface area (Å²) in [6.45, 7) is 1.73. The van der Waals surface area contributed by atoms with Gasteiger partial charge < -0.3 is 20.5 Å². The first-order chi connectivity index (χ1) is 11.0. The van der Waals surface area contributed by atoms with Crippen molar-refractivity contribution in [2.75, 3.05) is 0 Å². The summed E-state index contributed by atoms with van der Waals surface area (Å²) >= 11 is 0. The summed E-state index contributed by atoms with van der Waals surface area (Å²) in [5, 5.41) is 44.0. The summed E-state index contributed by atoms with van der Waals surface area (Å²) in [5.74, 6) is 0.215. The Morgan fingerprint density at radius 2 is 1.87 bits per heavy atom. The van der Waals surface area contributed by atoms with Gasteiger partial charge in [-0.2, -0.15) is 14.5 Å². The van der Waals surface area contributed by atoms with E-state index in [0.717, 1.165) is 0 Å². The quantitative estimate of drug-likeness (QED) is 0.369. The molecule has 0 amide bonds. The number of aliphatic hydroxyl groups is 2. The molecule has 0 aliphatic heterocycles. The van der Waals surface area contributed by atoms with Crippen LogP contribution in [0.2, 0.25) is 0 Å². The molecule has 118 valence electrons. The van der Waals surface area contributed by atoms with Crippen molar-refractivity contribution in [3.63, 3.8) is 0 Å². The van der Waals surface area contributed by atoms with E-state index in [1.165, 1.54) is 35.4 Å². The molecule has 0 aliphatic carbocycles. The van der Waals surface area contributed by atoms with Gasteiger partial charge in [0.1, 0.15) is 0 Å². The highest BCUT2D eigenvalue weighted by Crippen LogP contribution is 2.33. The van der Waals surface area contributed by atoms with Gasteiger partial charge in [-0.15, -0.1) is 0 Å². The number of hydrogen-bond donors (Lipinski definition) is 3. The standard InChI is InChI=1S/C15H14N4O4/c1-9-13(10-4-6-18(23)7-5-10)14(20)19(17-9)12-3-2-11(8-16-12)15(21)22/h2-8,15,20-22H,1H3. The average molecular weight is 314 g/mol. The molecule has 23 heavy (non-hydrogen) atoms. The molecular weight excluding hydrogens is 300 g/mol. The molecule has 0 bridgehead atoms. The molecule has 3 rings (SSSR count). The Morgan fingerprint density at radius 3 is 2.43 bits per heavy atom. The van der Waals surface area contributed by atoms with Crippen molar-refractivity contribution in [2.24, 2.45) is 0 Å². The van der Waals surface area contributed by atoms with Gasteiger partial charge in [0.15, 0.2) is 24.5 Å². The van der Waals surface area contributed by atoms with Crippen LogP contribution < -0.4 is 4.73 Å². The van der Waals surface area contributed by atoms with E-state index in [-0.39, 0.29) is 11.4 Å². The number of aryl methyl sites for hydroxylation is 1. The molecule has 3 aromatic heterocycles. The van der Waals surface area contributed by atoms with Crippen LogP contribution in [0, 0.1) is 12.1 Å². The molecule has 0 fully saturated rings. The van der Waals surface area contributed by atoms with Gasteiger partial charge in [0.05, 0.1) is 11.3 Å². The first-order valence-electron chi connectivity index (χ1n) is 6.77. The van der Waals surface area contributed by atoms with Gasteiger partial charge in [0.2, 0.25) is 5.88 Å². The first-order valence-corrected chi connectivity index (χ1v) is 6.77. The molecule has 0 radical (unpaired) electrons. The largest absolute Gasteiger partial charge is 0.619 e. The van der Waals surface area contributed by atoms with Crippen molar-refractivity contribution < 1.29 is 20.0 Å². The molecule has 0 spiro atoms. The second-order valence-electron chi connectivity index (χ2n) is 4.97. The second kappa shape index (κ2) is 5.67. The third-order valence-electron chi connectivity index (χ3n) is 3.41. The van der Waals surface area contributed by atoms with Gasteiger partial charge in [0, 0.05) is 29.5 Å². The zero-order chi connectivity index (χ0) is 16.6. The highest BCUT2D eigenvalue weighted by atomic mass is 16.5. The van der Waals surface area contributed by atoms with Gasteiger partial charge in [-0.3, -0.25) is 0 Å². The van der Waals surface area contributed by atoms with Crippen LogP contribution in [0.1, 0.15) is 17.5 Å². The lowest BCUT2D eigenvalue weighted by molar-refractivity contribution is -0.605. The van der Waals surface area contributed by atoms with Crippen LogP contribution in [0.25, 0.3) is 16.9 Å². The molecule has 0 atom stereocenters. The van der Waals surface area contributed by atoms with Crippen molar-refractivity contribution in [3.8, 4) is 22.8 Å². The SMILES string of the molecule is Cc1nn(-c2ccc(C(O)O)cn2)c(O)c1-c1cc[n+]([O-])cc1. The maximum absolute atomic E-state index is 11.1. The lowest BCUT2D eigenvalue weighted by Crippen LogP contribution is -2.23. The number of hydrogen-bond acceptors (Lipinski definition) is 6. The van der Waals surface area contributed by atoms with Crippen LogP contribution in [0.15, 0.2) is 42.9 Å². The molecule has 0 saturated heterocycles. The minimum Gasteiger partial charge on any atom is -0.619 e. The predicted molar refractivity (Wildman–Crippen MR) is 79.3 cm³/mol. The van der Waals surface area contributed by atoms with Crippen LogP contribution in [-0.4, -0.2) is 30.1 Å². The van der Waals surface area contributed by atoms with Crippen LogP contribution in [0.4, 0.5) is 0 Å². The van der Waals surface area contributed by atoms with Crippen molar-refractivity contribution >= 4 is 0 Å². The summed E-state index contributed by atoms with van der Waals surface area (Å²) in [6, 6.07) is 6.16. The number of rotatable bonds is 3. The highest BCUT2D eigenvalue weighted by molar-refractivity contribution is 5.71. The van der Waals surface area contributed by atoms with Crippen LogP contribution >= 0.6 is 0 Å². The van der Waals surface area contributed by atoms with E-state index in [4.69, 9.17) is 10.2 Å². The Hall–Kier alpha value is -2.97. The summed E-state index contributed by atoms with van der Waals surface area (Å²) in [4.78, 5) is 4.06. The summed E-state index contributed by atoms with van der Waals surface area (Å²) in [7, 11) is 0. The third kappa shape index (κ3) is 2.72. The molecule has 3 heterocycles. The van der Waals surface area contributed by atoms with E-state index in [1.807, 2.05) is 0 Å². The van der Waals surface area contributed by atoms with Gasteiger partial charge in [-0.05, 0) is 19.1 Å². The maximum Gasteiger partial charge on any atom is 0.224 e. The molecule has 0 saturated carbocycles. The van der Waals surface area contributed by atoms with Gasteiger partial charge in [-0.1, -0.05) is 0 Å². The van der Waals surface area contributed by atoms with E-state index < -0.39 is 6.29 Å². The van der Waals surface area contributed by atoms with E-state index >= 15 is 0 Å². The van der Waals surface area contributed by atoms with Gasteiger partial charge in [0.25, 0.3) is 0 Å².